The molecule has 4 nitrogen and oxygen atoms in total. The maximum atomic E-state index is 5.72. The van der Waals surface area contributed by atoms with Crippen molar-refractivity contribution in [2.45, 2.75) is 65.3 Å². The summed E-state index contributed by atoms with van der Waals surface area (Å²) in [6.45, 7) is 12.4. The van der Waals surface area contributed by atoms with Crippen LogP contribution in [0, 0.1) is 0 Å². The first-order valence-corrected chi connectivity index (χ1v) is 7.17. The lowest BCUT2D eigenvalue weighted by molar-refractivity contribution is -0.0144. The molecule has 0 amide bonds. The van der Waals surface area contributed by atoms with Gasteiger partial charge in [-0.25, -0.2) is 0 Å². The number of hydrogen-bond acceptors (Lipinski definition) is 4. The minimum Gasteiger partial charge on any atom is -0.462 e. The molecule has 0 saturated heterocycles. The summed E-state index contributed by atoms with van der Waals surface area (Å²) >= 11 is 0. The number of rotatable bonds is 8. The van der Waals surface area contributed by atoms with Gasteiger partial charge in [0, 0.05) is 19.3 Å². The summed E-state index contributed by atoms with van der Waals surface area (Å²) in [5, 5.41) is 3.40. The molecule has 0 bridgehead atoms. The highest BCUT2D eigenvalue weighted by Crippen LogP contribution is 2.14. The fourth-order valence-corrected chi connectivity index (χ4v) is 1.54. The molecule has 0 fully saturated rings. The first-order valence-electron chi connectivity index (χ1n) is 7.17. The molecule has 0 saturated carbocycles. The van der Waals surface area contributed by atoms with Crippen LogP contribution in [0.15, 0.2) is 16.5 Å². The third kappa shape index (κ3) is 7.08. The Morgan fingerprint density at radius 3 is 2.35 bits per heavy atom. The smallest absolute Gasteiger partial charge is 0.129 e. The second-order valence-corrected chi connectivity index (χ2v) is 6.74. The molecule has 0 radical (unpaired) electrons. The quantitative estimate of drug-likeness (QED) is 0.742. The Hall–Kier alpha value is -0.840. The Bertz CT molecular complexity index is 391. The summed E-state index contributed by atoms with van der Waals surface area (Å²) in [5.41, 5.74) is -0.0415. The van der Waals surface area contributed by atoms with Crippen LogP contribution in [0.2, 0.25) is 0 Å². The van der Waals surface area contributed by atoms with E-state index in [1.54, 1.807) is 7.11 Å². The normalized spacial score (nSPS) is 12.9. The van der Waals surface area contributed by atoms with E-state index in [-0.39, 0.29) is 11.1 Å². The molecule has 0 unspecified atom stereocenters. The summed E-state index contributed by atoms with van der Waals surface area (Å²) in [5.74, 6) is 1.81. The van der Waals surface area contributed by atoms with Gasteiger partial charge < -0.3 is 19.2 Å². The summed E-state index contributed by atoms with van der Waals surface area (Å²) < 4.78 is 16.7. The van der Waals surface area contributed by atoms with Crippen molar-refractivity contribution >= 4 is 0 Å². The van der Waals surface area contributed by atoms with Crippen molar-refractivity contribution in [3.8, 4) is 0 Å². The van der Waals surface area contributed by atoms with Crippen LogP contribution in [0.5, 0.6) is 0 Å². The molecular weight excluding hydrogens is 254 g/mol. The highest BCUT2D eigenvalue weighted by molar-refractivity contribution is 5.06. The minimum atomic E-state index is -0.134. The third-order valence-electron chi connectivity index (χ3n) is 3.16. The second-order valence-electron chi connectivity index (χ2n) is 6.74. The van der Waals surface area contributed by atoms with E-state index in [1.807, 2.05) is 12.1 Å². The van der Waals surface area contributed by atoms with Crippen molar-refractivity contribution < 1.29 is 13.9 Å². The molecule has 0 aliphatic heterocycles. The van der Waals surface area contributed by atoms with E-state index in [2.05, 4.69) is 39.9 Å². The van der Waals surface area contributed by atoms with E-state index in [4.69, 9.17) is 13.9 Å². The van der Waals surface area contributed by atoms with Crippen molar-refractivity contribution in [2.75, 3.05) is 13.7 Å². The molecule has 0 aliphatic rings. The van der Waals surface area contributed by atoms with Gasteiger partial charge in [-0.15, -0.1) is 0 Å². The molecule has 1 N–H and O–H groups in total. The van der Waals surface area contributed by atoms with Gasteiger partial charge in [-0.2, -0.15) is 0 Å². The van der Waals surface area contributed by atoms with Crippen LogP contribution in [0.25, 0.3) is 0 Å². The Kier molecular flexibility index (Phi) is 6.24. The average molecular weight is 283 g/mol. The van der Waals surface area contributed by atoms with Crippen molar-refractivity contribution in [2.24, 2.45) is 0 Å². The van der Waals surface area contributed by atoms with Gasteiger partial charge in [0.05, 0.1) is 12.1 Å². The lowest BCUT2D eigenvalue weighted by atomic mass is 10.1. The monoisotopic (exact) mass is 283 g/mol. The molecule has 1 heterocycles. The van der Waals surface area contributed by atoms with Gasteiger partial charge in [-0.1, -0.05) is 0 Å². The van der Waals surface area contributed by atoms with Crippen LogP contribution < -0.4 is 5.32 Å². The lowest BCUT2D eigenvalue weighted by Gasteiger charge is -2.22. The minimum absolute atomic E-state index is 0.0924. The second kappa shape index (κ2) is 7.25. The van der Waals surface area contributed by atoms with Gasteiger partial charge in [0.15, 0.2) is 0 Å². The standard InChI is InChI=1S/C16H29NO3/c1-15(2,3)17-11-13-7-8-14(20-13)12-19-10-9-16(4,5)18-6/h7-8,17H,9-12H2,1-6H3. The van der Waals surface area contributed by atoms with Gasteiger partial charge in [0.2, 0.25) is 0 Å². The predicted molar refractivity (Wildman–Crippen MR) is 80.7 cm³/mol. The van der Waals surface area contributed by atoms with Crippen LogP contribution >= 0.6 is 0 Å². The van der Waals surface area contributed by atoms with Crippen LogP contribution in [0.4, 0.5) is 0 Å². The maximum Gasteiger partial charge on any atom is 0.129 e. The number of ether oxygens (including phenoxy) is 2. The third-order valence-corrected chi connectivity index (χ3v) is 3.16. The van der Waals surface area contributed by atoms with Gasteiger partial charge in [-0.3, -0.25) is 0 Å². The van der Waals surface area contributed by atoms with Crippen LogP contribution in [-0.2, 0) is 22.6 Å². The molecular formula is C16H29NO3. The molecule has 116 valence electrons. The zero-order chi connectivity index (χ0) is 15.2. The highest BCUT2D eigenvalue weighted by Gasteiger charge is 2.15. The van der Waals surface area contributed by atoms with Crippen molar-refractivity contribution in [1.82, 2.24) is 5.32 Å². The summed E-state index contributed by atoms with van der Waals surface area (Å²) in [6, 6.07) is 3.97. The van der Waals surface area contributed by atoms with Crippen LogP contribution in [0.1, 0.15) is 52.6 Å². The predicted octanol–water partition coefficient (Wildman–Crippen LogP) is 3.50. The molecule has 1 rings (SSSR count). The number of furan rings is 1. The molecule has 0 atom stereocenters. The van der Waals surface area contributed by atoms with Crippen LogP contribution in [0.3, 0.4) is 0 Å². The Morgan fingerprint density at radius 2 is 1.75 bits per heavy atom. The van der Waals surface area contributed by atoms with Crippen molar-refractivity contribution in [1.29, 1.82) is 0 Å². The van der Waals surface area contributed by atoms with Crippen LogP contribution in [-0.4, -0.2) is 24.9 Å². The number of hydrogen-bond donors (Lipinski definition) is 1. The Balaban J connectivity index is 2.27. The fourth-order valence-electron chi connectivity index (χ4n) is 1.54. The van der Waals surface area contributed by atoms with E-state index in [1.165, 1.54) is 0 Å². The molecule has 1 aromatic heterocycles. The van der Waals surface area contributed by atoms with E-state index in [0.29, 0.717) is 13.2 Å². The number of nitrogens with one attached hydrogen (secondary N) is 1. The molecule has 0 spiro atoms. The largest absolute Gasteiger partial charge is 0.462 e. The van der Waals surface area contributed by atoms with E-state index in [9.17, 15) is 0 Å². The SMILES string of the molecule is COC(C)(C)CCOCc1ccc(CNC(C)(C)C)o1. The molecule has 20 heavy (non-hydrogen) atoms. The maximum absolute atomic E-state index is 5.72. The average Bonchev–Trinajstić information content (AvgIpc) is 2.79. The van der Waals surface area contributed by atoms with Gasteiger partial charge in [0.25, 0.3) is 0 Å². The zero-order valence-corrected chi connectivity index (χ0v) is 13.7. The zero-order valence-electron chi connectivity index (χ0n) is 13.7. The fraction of sp³-hybridized carbons (Fsp3) is 0.750. The number of methoxy groups -OCH3 is 1. The van der Waals surface area contributed by atoms with E-state index >= 15 is 0 Å². The topological polar surface area (TPSA) is 43.6 Å². The molecule has 0 aliphatic carbocycles. The first kappa shape index (κ1) is 17.2. The lowest BCUT2D eigenvalue weighted by Crippen LogP contribution is -2.34. The van der Waals surface area contributed by atoms with Crippen molar-refractivity contribution in [3.63, 3.8) is 0 Å². The highest BCUT2D eigenvalue weighted by atomic mass is 16.5. The molecule has 0 aromatic carbocycles. The van der Waals surface area contributed by atoms with E-state index in [0.717, 1.165) is 24.5 Å². The first-order chi connectivity index (χ1) is 9.22. The summed E-state index contributed by atoms with van der Waals surface area (Å²) in [4.78, 5) is 0. The van der Waals surface area contributed by atoms with E-state index < -0.39 is 0 Å². The Morgan fingerprint density at radius 1 is 1.10 bits per heavy atom. The van der Waals surface area contributed by atoms with Gasteiger partial charge >= 0.3 is 0 Å². The Labute approximate surface area is 122 Å². The van der Waals surface area contributed by atoms with Crippen molar-refractivity contribution in [3.05, 3.63) is 23.7 Å². The van der Waals surface area contributed by atoms with Gasteiger partial charge in [0.1, 0.15) is 18.1 Å². The molecule has 4 heteroatoms. The summed E-state index contributed by atoms with van der Waals surface area (Å²) in [7, 11) is 1.72. The molecule has 1 aromatic rings. The summed E-state index contributed by atoms with van der Waals surface area (Å²) in [6.07, 6.45) is 0.864. The van der Waals surface area contributed by atoms with Gasteiger partial charge in [-0.05, 0) is 53.2 Å².